The number of hydrogen-bond donors (Lipinski definition) is 0. The molecule has 4 rings (SSSR count). The van der Waals surface area contributed by atoms with Gasteiger partial charge < -0.3 is 4.74 Å². The predicted octanol–water partition coefficient (Wildman–Crippen LogP) is 6.56. The fraction of sp³-hybridized carbons (Fsp3) is 0.207. The lowest BCUT2D eigenvalue weighted by molar-refractivity contribution is 0.0320. The molecule has 0 aliphatic rings. The van der Waals surface area contributed by atoms with Crippen LogP contribution in [0.3, 0.4) is 0 Å². The highest BCUT2D eigenvalue weighted by Gasteiger charge is 2.23. The molecule has 33 heavy (non-hydrogen) atoms. The van der Waals surface area contributed by atoms with Gasteiger partial charge in [-0.3, -0.25) is 4.79 Å². The molecule has 3 aromatic carbocycles. The maximum Gasteiger partial charge on any atom is 0.339 e. The number of ether oxygens (including phenoxy) is 1. The highest BCUT2D eigenvalue weighted by atomic mass is 16.5. The maximum absolute atomic E-state index is 13.3. The van der Waals surface area contributed by atoms with E-state index in [4.69, 9.17) is 9.72 Å². The maximum atomic E-state index is 13.3. The second-order valence-electron chi connectivity index (χ2n) is 8.65. The summed E-state index contributed by atoms with van der Waals surface area (Å²) in [6, 6.07) is 20.9. The van der Waals surface area contributed by atoms with Gasteiger partial charge in [0.25, 0.3) is 0 Å². The zero-order valence-corrected chi connectivity index (χ0v) is 19.6. The van der Waals surface area contributed by atoms with Crippen molar-refractivity contribution in [1.82, 2.24) is 4.98 Å². The largest absolute Gasteiger partial charge is 0.451 e. The van der Waals surface area contributed by atoms with Crippen molar-refractivity contribution in [1.29, 1.82) is 0 Å². The van der Waals surface area contributed by atoms with Gasteiger partial charge in [-0.25, -0.2) is 9.78 Å². The molecule has 0 saturated carbocycles. The van der Waals surface area contributed by atoms with Crippen molar-refractivity contribution in [3.8, 4) is 11.3 Å². The van der Waals surface area contributed by atoms with Gasteiger partial charge in [-0.05, 0) is 70.0 Å². The third-order valence-electron chi connectivity index (χ3n) is 5.98. The van der Waals surface area contributed by atoms with Gasteiger partial charge in [0.05, 0.1) is 16.8 Å². The van der Waals surface area contributed by atoms with E-state index in [-0.39, 0.29) is 5.78 Å². The molecular formula is C29H27NO3. The van der Waals surface area contributed by atoms with Crippen LogP contribution in [0, 0.1) is 27.7 Å². The number of rotatable bonds is 5. The number of fused-ring (bicyclic) bond motifs is 1. The molecule has 0 fully saturated rings. The first-order valence-electron chi connectivity index (χ1n) is 11.0. The number of ketones is 1. The van der Waals surface area contributed by atoms with E-state index in [0.29, 0.717) is 27.7 Å². The smallest absolute Gasteiger partial charge is 0.339 e. The molecule has 0 N–H and O–H groups in total. The van der Waals surface area contributed by atoms with Crippen LogP contribution >= 0.6 is 0 Å². The van der Waals surface area contributed by atoms with E-state index in [0.717, 1.165) is 22.3 Å². The number of Topliss-reactive ketones (excluding diaryl/α,β-unsaturated/α-hetero) is 1. The molecule has 0 amide bonds. The van der Waals surface area contributed by atoms with E-state index in [9.17, 15) is 9.59 Å². The molecule has 1 heterocycles. The molecular weight excluding hydrogens is 410 g/mol. The lowest BCUT2D eigenvalue weighted by atomic mass is 10.00. The molecule has 166 valence electrons. The number of hydrogen-bond acceptors (Lipinski definition) is 4. The summed E-state index contributed by atoms with van der Waals surface area (Å²) >= 11 is 0. The third-order valence-corrected chi connectivity index (χ3v) is 5.98. The van der Waals surface area contributed by atoms with Crippen LogP contribution in [0.25, 0.3) is 22.2 Å². The lowest BCUT2D eigenvalue weighted by Crippen LogP contribution is -2.24. The van der Waals surface area contributed by atoms with Crippen LogP contribution in [0.5, 0.6) is 0 Å². The highest BCUT2D eigenvalue weighted by Crippen LogP contribution is 2.28. The normalized spacial score (nSPS) is 11.9. The van der Waals surface area contributed by atoms with E-state index < -0.39 is 12.1 Å². The van der Waals surface area contributed by atoms with Crippen molar-refractivity contribution >= 4 is 22.7 Å². The van der Waals surface area contributed by atoms with Gasteiger partial charge in [-0.2, -0.15) is 0 Å². The first kappa shape index (κ1) is 22.4. The molecule has 4 nitrogen and oxygen atoms in total. The first-order chi connectivity index (χ1) is 15.7. The van der Waals surface area contributed by atoms with Crippen LogP contribution in [0.1, 0.15) is 49.9 Å². The average Bonchev–Trinajstić information content (AvgIpc) is 2.80. The SMILES string of the molecule is Cc1ccc(C(=O)[C@H](C)OC(=O)c2cc(-c3ccc(C)c(C)c3)nc3ccc(C)cc23)cc1. The van der Waals surface area contributed by atoms with Crippen molar-refractivity contribution in [2.24, 2.45) is 0 Å². The quantitative estimate of drug-likeness (QED) is 0.262. The lowest BCUT2D eigenvalue weighted by Gasteiger charge is -2.15. The van der Waals surface area contributed by atoms with E-state index in [2.05, 4.69) is 19.9 Å². The monoisotopic (exact) mass is 437 g/mol. The van der Waals surface area contributed by atoms with Crippen LogP contribution in [-0.2, 0) is 4.74 Å². The summed E-state index contributed by atoms with van der Waals surface area (Å²) in [5, 5.41) is 0.711. The van der Waals surface area contributed by atoms with Crippen LogP contribution < -0.4 is 0 Å². The first-order valence-corrected chi connectivity index (χ1v) is 11.0. The van der Waals surface area contributed by atoms with Gasteiger partial charge in [0.1, 0.15) is 0 Å². The Morgan fingerprint density at radius 3 is 2.18 bits per heavy atom. The Hall–Kier alpha value is -3.79. The minimum absolute atomic E-state index is 0.229. The number of carbonyl (C=O) groups excluding carboxylic acids is 2. The van der Waals surface area contributed by atoms with Crippen molar-refractivity contribution in [2.45, 2.75) is 40.7 Å². The number of benzene rings is 3. The number of esters is 1. The fourth-order valence-corrected chi connectivity index (χ4v) is 3.79. The van der Waals surface area contributed by atoms with Crippen LogP contribution in [0.2, 0.25) is 0 Å². The molecule has 0 unspecified atom stereocenters. The second kappa shape index (κ2) is 8.99. The predicted molar refractivity (Wildman–Crippen MR) is 132 cm³/mol. The summed E-state index contributed by atoms with van der Waals surface area (Å²) in [5.41, 5.74) is 7.68. The Labute approximate surface area is 194 Å². The summed E-state index contributed by atoms with van der Waals surface area (Å²) in [4.78, 5) is 30.9. The van der Waals surface area contributed by atoms with E-state index >= 15 is 0 Å². The van der Waals surface area contributed by atoms with Gasteiger partial charge in [0.15, 0.2) is 6.10 Å². The average molecular weight is 438 g/mol. The van der Waals surface area contributed by atoms with Crippen molar-refractivity contribution < 1.29 is 14.3 Å². The standard InChI is InChI=1S/C29H27NO3/c1-17-6-10-22(11-7-17)28(31)21(5)33-29(32)25-16-27(23-12-9-19(3)20(4)15-23)30-26-13-8-18(2)14-24(25)26/h6-16,21H,1-5H3/t21-/m0/s1. The zero-order chi connectivity index (χ0) is 23.7. The number of carbonyl (C=O) groups is 2. The van der Waals surface area contributed by atoms with Gasteiger partial charge in [-0.15, -0.1) is 0 Å². The Morgan fingerprint density at radius 1 is 0.788 bits per heavy atom. The molecule has 4 heteroatoms. The Bertz CT molecular complexity index is 1370. The van der Waals surface area contributed by atoms with Gasteiger partial charge in [0, 0.05) is 16.5 Å². The Kier molecular flexibility index (Phi) is 6.10. The summed E-state index contributed by atoms with van der Waals surface area (Å²) < 4.78 is 5.65. The Balaban J connectivity index is 1.72. The molecule has 0 radical (unpaired) electrons. The van der Waals surface area contributed by atoms with Crippen molar-refractivity contribution in [3.05, 3.63) is 100 Å². The Morgan fingerprint density at radius 2 is 1.48 bits per heavy atom. The summed E-state index contributed by atoms with van der Waals surface area (Å²) in [6.07, 6.45) is -0.904. The van der Waals surface area contributed by atoms with E-state index in [1.807, 2.05) is 56.3 Å². The number of nitrogens with zero attached hydrogens (tertiary/aromatic N) is 1. The summed E-state index contributed by atoms with van der Waals surface area (Å²) in [5.74, 6) is -0.765. The number of pyridine rings is 1. The summed E-state index contributed by atoms with van der Waals surface area (Å²) in [7, 11) is 0. The van der Waals surface area contributed by atoms with Crippen LogP contribution in [0.4, 0.5) is 0 Å². The van der Waals surface area contributed by atoms with Crippen LogP contribution in [-0.4, -0.2) is 22.8 Å². The highest BCUT2D eigenvalue weighted by molar-refractivity contribution is 6.07. The molecule has 1 atom stereocenters. The molecule has 0 spiro atoms. The molecule has 4 aromatic rings. The van der Waals surface area contributed by atoms with Gasteiger partial charge in [0.2, 0.25) is 5.78 Å². The summed E-state index contributed by atoms with van der Waals surface area (Å²) in [6.45, 7) is 9.65. The van der Waals surface area contributed by atoms with E-state index in [1.165, 1.54) is 5.56 Å². The van der Waals surface area contributed by atoms with Gasteiger partial charge in [-0.1, -0.05) is 53.6 Å². The van der Waals surface area contributed by atoms with E-state index in [1.54, 1.807) is 25.1 Å². The van der Waals surface area contributed by atoms with Gasteiger partial charge >= 0.3 is 5.97 Å². The minimum Gasteiger partial charge on any atom is -0.451 e. The minimum atomic E-state index is -0.904. The fourth-order valence-electron chi connectivity index (χ4n) is 3.79. The third kappa shape index (κ3) is 4.70. The topological polar surface area (TPSA) is 56.3 Å². The van der Waals surface area contributed by atoms with Crippen molar-refractivity contribution in [2.75, 3.05) is 0 Å². The molecule has 0 saturated heterocycles. The van der Waals surface area contributed by atoms with Crippen LogP contribution in [0.15, 0.2) is 66.7 Å². The van der Waals surface area contributed by atoms with Crippen molar-refractivity contribution in [3.63, 3.8) is 0 Å². The second-order valence-corrected chi connectivity index (χ2v) is 8.65. The molecule has 1 aromatic heterocycles. The number of aryl methyl sites for hydroxylation is 4. The zero-order valence-electron chi connectivity index (χ0n) is 19.6. The molecule has 0 bridgehead atoms. The molecule has 0 aliphatic carbocycles. The number of aromatic nitrogens is 1. The molecule has 0 aliphatic heterocycles.